The van der Waals surface area contributed by atoms with Crippen molar-refractivity contribution in [3.05, 3.63) is 29.6 Å². The molecule has 1 aromatic carbocycles. The summed E-state index contributed by atoms with van der Waals surface area (Å²) in [6.07, 6.45) is 3.10. The summed E-state index contributed by atoms with van der Waals surface area (Å²) < 4.78 is 13.7. The van der Waals surface area contributed by atoms with Gasteiger partial charge in [-0.05, 0) is 37.3 Å². The minimum Gasteiger partial charge on any atom is -0.478 e. The molecule has 2 bridgehead atoms. The van der Waals surface area contributed by atoms with E-state index in [1.165, 1.54) is 12.1 Å². The molecule has 20 heavy (non-hydrogen) atoms. The number of carboxylic acid groups (broad SMARTS) is 1. The van der Waals surface area contributed by atoms with Crippen LogP contribution < -0.4 is 5.32 Å². The number of benzene rings is 1. The fraction of sp³-hybridized carbons (Fsp3) is 0.429. The summed E-state index contributed by atoms with van der Waals surface area (Å²) >= 11 is 0. The zero-order valence-electron chi connectivity index (χ0n) is 10.8. The van der Waals surface area contributed by atoms with Gasteiger partial charge in [-0.2, -0.15) is 0 Å². The number of amides is 2. The van der Waals surface area contributed by atoms with E-state index in [2.05, 4.69) is 5.32 Å². The van der Waals surface area contributed by atoms with Crippen LogP contribution in [0.15, 0.2) is 18.2 Å². The number of halogens is 1. The van der Waals surface area contributed by atoms with Crippen molar-refractivity contribution in [2.75, 3.05) is 11.9 Å². The maximum absolute atomic E-state index is 13.7. The first-order chi connectivity index (χ1) is 9.56. The summed E-state index contributed by atoms with van der Waals surface area (Å²) in [5.41, 5.74) is -0.490. The molecule has 1 aliphatic heterocycles. The number of urea groups is 1. The van der Waals surface area contributed by atoms with E-state index in [0.717, 1.165) is 25.3 Å². The Labute approximate surface area is 115 Å². The predicted octanol–water partition coefficient (Wildman–Crippen LogP) is 2.54. The SMILES string of the molecule is O=C(O)c1cccc(F)c1NC(=O)N1CC2CCC1C2. The highest BCUT2D eigenvalue weighted by Gasteiger charge is 2.40. The van der Waals surface area contributed by atoms with Crippen LogP contribution >= 0.6 is 0 Å². The van der Waals surface area contributed by atoms with Crippen molar-refractivity contribution in [3.63, 3.8) is 0 Å². The van der Waals surface area contributed by atoms with Gasteiger partial charge in [0, 0.05) is 12.6 Å². The highest BCUT2D eigenvalue weighted by molar-refractivity contribution is 6.00. The lowest BCUT2D eigenvalue weighted by Gasteiger charge is -2.27. The first-order valence-electron chi connectivity index (χ1n) is 6.65. The van der Waals surface area contributed by atoms with Gasteiger partial charge >= 0.3 is 12.0 Å². The number of fused-ring (bicyclic) bond motifs is 2. The molecular formula is C14H15FN2O3. The van der Waals surface area contributed by atoms with E-state index >= 15 is 0 Å². The number of aromatic carboxylic acids is 1. The Kier molecular flexibility index (Phi) is 3.08. The fourth-order valence-electron chi connectivity index (χ4n) is 3.18. The molecule has 2 N–H and O–H groups in total. The van der Waals surface area contributed by atoms with Gasteiger partial charge in [0.05, 0.1) is 11.3 Å². The maximum Gasteiger partial charge on any atom is 0.337 e. The van der Waals surface area contributed by atoms with Crippen LogP contribution in [0.3, 0.4) is 0 Å². The van der Waals surface area contributed by atoms with E-state index in [1.54, 1.807) is 4.90 Å². The quantitative estimate of drug-likeness (QED) is 0.873. The first kappa shape index (κ1) is 12.9. The van der Waals surface area contributed by atoms with Crippen LogP contribution in [0.4, 0.5) is 14.9 Å². The number of carbonyl (C=O) groups is 2. The normalized spacial score (nSPS) is 23.9. The Morgan fingerprint density at radius 2 is 2.15 bits per heavy atom. The highest BCUT2D eigenvalue weighted by Crippen LogP contribution is 2.37. The smallest absolute Gasteiger partial charge is 0.337 e. The summed E-state index contributed by atoms with van der Waals surface area (Å²) in [6, 6.07) is 3.52. The Morgan fingerprint density at radius 1 is 1.35 bits per heavy atom. The molecule has 1 aliphatic carbocycles. The van der Waals surface area contributed by atoms with Crippen molar-refractivity contribution in [2.45, 2.75) is 25.3 Å². The number of rotatable bonds is 2. The minimum absolute atomic E-state index is 0.208. The number of piperidine rings is 1. The molecule has 0 radical (unpaired) electrons. The molecule has 6 heteroatoms. The molecule has 106 valence electrons. The molecule has 0 spiro atoms. The van der Waals surface area contributed by atoms with Gasteiger partial charge in [-0.15, -0.1) is 0 Å². The number of nitrogens with zero attached hydrogens (tertiary/aromatic N) is 1. The molecule has 3 rings (SSSR count). The zero-order chi connectivity index (χ0) is 14.3. The van der Waals surface area contributed by atoms with Crippen LogP contribution in [-0.4, -0.2) is 34.6 Å². The zero-order valence-corrected chi connectivity index (χ0v) is 10.8. The molecule has 2 amide bonds. The average molecular weight is 278 g/mol. The van der Waals surface area contributed by atoms with Crippen LogP contribution in [-0.2, 0) is 0 Å². The lowest BCUT2D eigenvalue weighted by molar-refractivity contribution is 0.0697. The maximum atomic E-state index is 13.7. The molecule has 1 heterocycles. The van der Waals surface area contributed by atoms with Crippen LogP contribution in [0.1, 0.15) is 29.6 Å². The lowest BCUT2D eigenvalue weighted by atomic mass is 10.1. The number of hydrogen-bond acceptors (Lipinski definition) is 2. The Balaban J connectivity index is 1.81. The summed E-state index contributed by atoms with van der Waals surface area (Å²) in [6.45, 7) is 0.674. The second-order valence-electron chi connectivity index (χ2n) is 5.38. The molecule has 1 saturated carbocycles. The summed E-state index contributed by atoms with van der Waals surface area (Å²) in [5, 5.41) is 11.5. The van der Waals surface area contributed by atoms with Gasteiger partial charge in [0.25, 0.3) is 0 Å². The predicted molar refractivity (Wildman–Crippen MR) is 70.2 cm³/mol. The summed E-state index contributed by atoms with van der Waals surface area (Å²) in [4.78, 5) is 24.9. The van der Waals surface area contributed by atoms with Crippen LogP contribution in [0, 0.1) is 11.7 Å². The van der Waals surface area contributed by atoms with Gasteiger partial charge in [-0.25, -0.2) is 14.0 Å². The van der Waals surface area contributed by atoms with Crippen molar-refractivity contribution in [3.8, 4) is 0 Å². The van der Waals surface area contributed by atoms with E-state index in [9.17, 15) is 14.0 Å². The molecule has 5 nitrogen and oxygen atoms in total. The standard InChI is InChI=1S/C14H15FN2O3/c15-11-3-1-2-10(13(18)19)12(11)16-14(20)17-7-8-4-5-9(17)6-8/h1-3,8-9H,4-7H2,(H,16,20)(H,18,19). The van der Waals surface area contributed by atoms with Gasteiger partial charge in [0.1, 0.15) is 5.82 Å². The number of carbonyl (C=O) groups excluding carboxylic acids is 1. The van der Waals surface area contributed by atoms with E-state index in [1.807, 2.05) is 0 Å². The number of para-hydroxylation sites is 1. The number of hydrogen-bond donors (Lipinski definition) is 2. The molecule has 1 aromatic rings. The second kappa shape index (κ2) is 4.77. The summed E-state index contributed by atoms with van der Waals surface area (Å²) in [7, 11) is 0. The van der Waals surface area contributed by atoms with Gasteiger partial charge in [0.2, 0.25) is 0 Å². The van der Waals surface area contributed by atoms with Gasteiger partial charge in [0.15, 0.2) is 0 Å². The fourth-order valence-corrected chi connectivity index (χ4v) is 3.18. The number of carboxylic acids is 1. The monoisotopic (exact) mass is 278 g/mol. The van der Waals surface area contributed by atoms with E-state index in [4.69, 9.17) is 5.11 Å². The molecule has 0 aromatic heterocycles. The van der Waals surface area contributed by atoms with E-state index in [-0.39, 0.29) is 17.3 Å². The molecule has 2 fully saturated rings. The number of nitrogens with one attached hydrogen (secondary N) is 1. The third-order valence-electron chi connectivity index (χ3n) is 4.15. The first-order valence-corrected chi connectivity index (χ1v) is 6.65. The molecule has 1 saturated heterocycles. The van der Waals surface area contributed by atoms with Crippen molar-refractivity contribution < 1.29 is 19.1 Å². The second-order valence-corrected chi connectivity index (χ2v) is 5.38. The Hall–Kier alpha value is -2.11. The van der Waals surface area contributed by atoms with Crippen molar-refractivity contribution in [2.24, 2.45) is 5.92 Å². The molecular weight excluding hydrogens is 263 g/mol. The topological polar surface area (TPSA) is 69.6 Å². The Morgan fingerprint density at radius 3 is 2.75 bits per heavy atom. The molecule has 2 unspecified atom stereocenters. The van der Waals surface area contributed by atoms with Crippen LogP contribution in [0.2, 0.25) is 0 Å². The van der Waals surface area contributed by atoms with Gasteiger partial charge < -0.3 is 15.3 Å². The molecule has 2 aliphatic rings. The lowest BCUT2D eigenvalue weighted by Crippen LogP contribution is -2.40. The third kappa shape index (κ3) is 2.11. The van der Waals surface area contributed by atoms with E-state index < -0.39 is 17.8 Å². The van der Waals surface area contributed by atoms with Crippen LogP contribution in [0.25, 0.3) is 0 Å². The number of anilines is 1. The average Bonchev–Trinajstić information content (AvgIpc) is 3.03. The third-order valence-corrected chi connectivity index (χ3v) is 4.15. The minimum atomic E-state index is -1.26. The van der Waals surface area contributed by atoms with Gasteiger partial charge in [-0.3, -0.25) is 0 Å². The van der Waals surface area contributed by atoms with Crippen molar-refractivity contribution in [1.82, 2.24) is 4.90 Å². The highest BCUT2D eigenvalue weighted by atomic mass is 19.1. The summed E-state index contributed by atoms with van der Waals surface area (Å²) in [5.74, 6) is -1.46. The van der Waals surface area contributed by atoms with Gasteiger partial charge in [-0.1, -0.05) is 6.07 Å². The Bertz CT molecular complexity index is 576. The van der Waals surface area contributed by atoms with E-state index in [0.29, 0.717) is 12.5 Å². The number of likely N-dealkylation sites (tertiary alicyclic amines) is 1. The van der Waals surface area contributed by atoms with Crippen LogP contribution in [0.5, 0.6) is 0 Å². The van der Waals surface area contributed by atoms with Crippen molar-refractivity contribution in [1.29, 1.82) is 0 Å². The van der Waals surface area contributed by atoms with Crippen molar-refractivity contribution >= 4 is 17.7 Å². The molecule has 2 atom stereocenters. The largest absolute Gasteiger partial charge is 0.478 e.